The Hall–Kier alpha value is -3.43. The number of rotatable bonds is 8. The maximum absolute atomic E-state index is 12.6. The van der Waals surface area contributed by atoms with E-state index in [1.165, 1.54) is 0 Å². The molecule has 0 spiro atoms. The molecule has 1 saturated heterocycles. The average molecular weight is 466 g/mol. The molecule has 3 atom stereocenters. The highest BCUT2D eigenvalue weighted by atomic mass is 16.7. The largest absolute Gasteiger partial charge is 0.479 e. The molecule has 9 heteroatoms. The van der Waals surface area contributed by atoms with Crippen LogP contribution in [0.2, 0.25) is 0 Å². The van der Waals surface area contributed by atoms with Crippen LogP contribution in [0.25, 0.3) is 11.1 Å². The lowest BCUT2D eigenvalue weighted by atomic mass is 9.98. The maximum Gasteiger partial charge on any atom is 0.407 e. The van der Waals surface area contributed by atoms with Gasteiger partial charge in [-0.25, -0.2) is 15.1 Å². The number of fused-ring (bicyclic) bond motifs is 3. The predicted molar refractivity (Wildman–Crippen MR) is 120 cm³/mol. The van der Waals surface area contributed by atoms with Gasteiger partial charge in [0.15, 0.2) is 12.2 Å². The zero-order valence-electron chi connectivity index (χ0n) is 18.4. The van der Waals surface area contributed by atoms with Crippen LogP contribution in [0.3, 0.4) is 0 Å². The Bertz CT molecular complexity index is 1050. The van der Waals surface area contributed by atoms with Crippen molar-refractivity contribution in [1.29, 1.82) is 0 Å². The summed E-state index contributed by atoms with van der Waals surface area (Å²) in [5.41, 5.74) is 6.69. The number of alkyl carbamates (subject to hydrolysis) is 1. The van der Waals surface area contributed by atoms with Gasteiger partial charge in [0, 0.05) is 12.5 Å². The summed E-state index contributed by atoms with van der Waals surface area (Å²) in [5, 5.41) is 11.9. The van der Waals surface area contributed by atoms with Gasteiger partial charge in [-0.2, -0.15) is 0 Å². The summed E-state index contributed by atoms with van der Waals surface area (Å²) in [6, 6.07) is 15.5. The maximum atomic E-state index is 12.6. The monoisotopic (exact) mass is 466 g/mol. The molecular formula is C25H26N2O7. The second-order valence-electron chi connectivity index (χ2n) is 8.84. The first-order chi connectivity index (χ1) is 16.5. The number of carboxylic acid groups (broad SMARTS) is 1. The SMILES string of the molecule is O=C(N[C@@H]1CCO[C@@H]1C(=O)NOC(C(=O)O)C1CC1)OCC1c2ccccc2-c2ccccc21. The Morgan fingerprint density at radius 3 is 2.26 bits per heavy atom. The number of ether oxygens (including phenoxy) is 2. The Labute approximate surface area is 196 Å². The zero-order chi connectivity index (χ0) is 23.7. The molecule has 1 unspecified atom stereocenters. The third-order valence-corrected chi connectivity index (χ3v) is 6.58. The molecule has 0 aromatic heterocycles. The number of benzene rings is 2. The van der Waals surface area contributed by atoms with Crippen LogP contribution in [0.1, 0.15) is 36.3 Å². The van der Waals surface area contributed by atoms with Crippen molar-refractivity contribution in [3.05, 3.63) is 59.7 Å². The third kappa shape index (κ3) is 4.49. The smallest absolute Gasteiger partial charge is 0.407 e. The molecule has 9 nitrogen and oxygen atoms in total. The van der Waals surface area contributed by atoms with Crippen molar-refractivity contribution >= 4 is 18.0 Å². The molecule has 1 saturated carbocycles. The van der Waals surface area contributed by atoms with Crippen molar-refractivity contribution in [2.45, 2.75) is 43.4 Å². The lowest BCUT2D eigenvalue weighted by Gasteiger charge is -2.21. The lowest BCUT2D eigenvalue weighted by Crippen LogP contribution is -2.49. The van der Waals surface area contributed by atoms with Crippen molar-refractivity contribution in [2.24, 2.45) is 5.92 Å². The number of carbonyl (C=O) groups excluding carboxylic acids is 2. The first-order valence-electron chi connectivity index (χ1n) is 11.4. The number of hydrogen-bond acceptors (Lipinski definition) is 6. The molecule has 2 aromatic rings. The number of carboxylic acids is 1. The molecular weight excluding hydrogens is 440 g/mol. The van der Waals surface area contributed by atoms with Gasteiger partial charge in [0.1, 0.15) is 6.61 Å². The highest BCUT2D eigenvalue weighted by Crippen LogP contribution is 2.44. The van der Waals surface area contributed by atoms with E-state index in [2.05, 4.69) is 22.9 Å². The van der Waals surface area contributed by atoms with Crippen molar-refractivity contribution in [3.8, 4) is 11.1 Å². The second kappa shape index (κ2) is 9.44. The van der Waals surface area contributed by atoms with Crippen LogP contribution in [0.15, 0.2) is 48.5 Å². The number of amides is 2. The minimum Gasteiger partial charge on any atom is -0.479 e. The van der Waals surface area contributed by atoms with Crippen molar-refractivity contribution in [3.63, 3.8) is 0 Å². The standard InChI is InChI=1S/C25H26N2O7/c28-23(27-34-21(24(29)30)14-9-10-14)22-20(11-12-32-22)26-25(31)33-13-19-17-7-3-1-5-15(17)16-6-2-4-8-18(16)19/h1-8,14,19-22H,9-13H2,(H,26,31)(H,27,28)(H,29,30)/t20-,21?,22+/m1/s1. The molecule has 5 rings (SSSR count). The minimum absolute atomic E-state index is 0.0687. The zero-order valence-corrected chi connectivity index (χ0v) is 18.4. The van der Waals surface area contributed by atoms with E-state index < -0.39 is 36.2 Å². The molecule has 1 heterocycles. The highest BCUT2D eigenvalue weighted by molar-refractivity contribution is 5.82. The van der Waals surface area contributed by atoms with E-state index in [1.807, 2.05) is 36.4 Å². The number of hydroxylamine groups is 1. The molecule has 1 aliphatic heterocycles. The predicted octanol–water partition coefficient (Wildman–Crippen LogP) is 2.59. The first kappa shape index (κ1) is 22.4. The fraction of sp³-hybridized carbons (Fsp3) is 0.400. The van der Waals surface area contributed by atoms with Crippen LogP contribution in [0, 0.1) is 5.92 Å². The van der Waals surface area contributed by atoms with Gasteiger partial charge in [0.05, 0.1) is 6.04 Å². The number of carbonyl (C=O) groups is 3. The summed E-state index contributed by atoms with van der Waals surface area (Å²) in [4.78, 5) is 41.5. The Balaban J connectivity index is 1.16. The minimum atomic E-state index is -1.12. The lowest BCUT2D eigenvalue weighted by molar-refractivity contribution is -0.165. The van der Waals surface area contributed by atoms with Gasteiger partial charge in [-0.05, 0) is 47.4 Å². The third-order valence-electron chi connectivity index (χ3n) is 6.58. The normalized spacial score (nSPS) is 21.9. The molecule has 2 aliphatic carbocycles. The summed E-state index contributed by atoms with van der Waals surface area (Å²) < 4.78 is 11.0. The van der Waals surface area contributed by atoms with E-state index in [9.17, 15) is 19.5 Å². The molecule has 0 bridgehead atoms. The van der Waals surface area contributed by atoms with Crippen LogP contribution in [0.4, 0.5) is 4.79 Å². The van der Waals surface area contributed by atoms with Gasteiger partial charge in [0.2, 0.25) is 0 Å². The average Bonchev–Trinajstić information content (AvgIpc) is 3.47. The van der Waals surface area contributed by atoms with E-state index >= 15 is 0 Å². The van der Waals surface area contributed by atoms with E-state index in [4.69, 9.17) is 14.3 Å². The van der Waals surface area contributed by atoms with Crippen LogP contribution in [0.5, 0.6) is 0 Å². The molecule has 178 valence electrons. The van der Waals surface area contributed by atoms with E-state index in [0.717, 1.165) is 35.1 Å². The van der Waals surface area contributed by atoms with Crippen LogP contribution < -0.4 is 10.8 Å². The van der Waals surface area contributed by atoms with Gasteiger partial charge < -0.3 is 19.9 Å². The van der Waals surface area contributed by atoms with E-state index in [0.29, 0.717) is 6.42 Å². The second-order valence-corrected chi connectivity index (χ2v) is 8.84. The fourth-order valence-electron chi connectivity index (χ4n) is 4.71. The summed E-state index contributed by atoms with van der Waals surface area (Å²) in [5.74, 6) is -1.92. The molecule has 3 N–H and O–H groups in total. The summed E-state index contributed by atoms with van der Waals surface area (Å²) >= 11 is 0. The Morgan fingerprint density at radius 1 is 1.00 bits per heavy atom. The Kier molecular flexibility index (Phi) is 6.21. The van der Waals surface area contributed by atoms with Gasteiger partial charge >= 0.3 is 12.1 Å². The fourth-order valence-corrected chi connectivity index (χ4v) is 4.71. The molecule has 34 heavy (non-hydrogen) atoms. The van der Waals surface area contributed by atoms with Crippen LogP contribution in [-0.2, 0) is 23.9 Å². The quantitative estimate of drug-likeness (QED) is 0.511. The first-order valence-corrected chi connectivity index (χ1v) is 11.4. The Morgan fingerprint density at radius 2 is 1.65 bits per heavy atom. The van der Waals surface area contributed by atoms with Crippen molar-refractivity contribution < 1.29 is 33.8 Å². The van der Waals surface area contributed by atoms with Crippen molar-refractivity contribution in [1.82, 2.24) is 10.8 Å². The number of aliphatic carboxylic acids is 1. The van der Waals surface area contributed by atoms with Gasteiger partial charge in [-0.1, -0.05) is 48.5 Å². The molecule has 3 aliphatic rings. The molecule has 0 radical (unpaired) electrons. The summed E-state index contributed by atoms with van der Waals surface area (Å²) in [6.07, 6.45) is -0.796. The summed E-state index contributed by atoms with van der Waals surface area (Å²) in [6.45, 7) is 0.437. The van der Waals surface area contributed by atoms with E-state index in [-0.39, 0.29) is 25.0 Å². The van der Waals surface area contributed by atoms with Gasteiger partial charge in [-0.15, -0.1) is 0 Å². The summed E-state index contributed by atoms with van der Waals surface area (Å²) in [7, 11) is 0. The van der Waals surface area contributed by atoms with Gasteiger partial charge in [-0.3, -0.25) is 9.63 Å². The van der Waals surface area contributed by atoms with Crippen LogP contribution >= 0.6 is 0 Å². The molecule has 2 amide bonds. The van der Waals surface area contributed by atoms with E-state index in [1.54, 1.807) is 0 Å². The number of hydrogen-bond donors (Lipinski definition) is 3. The number of nitrogens with one attached hydrogen (secondary N) is 2. The van der Waals surface area contributed by atoms with Crippen molar-refractivity contribution in [2.75, 3.05) is 13.2 Å². The van der Waals surface area contributed by atoms with Crippen LogP contribution in [-0.4, -0.2) is 54.5 Å². The van der Waals surface area contributed by atoms with Gasteiger partial charge in [0.25, 0.3) is 5.91 Å². The molecule has 2 fully saturated rings. The highest BCUT2D eigenvalue weighted by Gasteiger charge is 2.40. The topological polar surface area (TPSA) is 123 Å². The molecule has 2 aromatic carbocycles.